The lowest BCUT2D eigenvalue weighted by Crippen LogP contribution is -2.04. The Labute approximate surface area is 191 Å². The van der Waals surface area contributed by atoms with Gasteiger partial charge in [-0.15, -0.1) is 0 Å². The maximum absolute atomic E-state index is 14.9. The van der Waals surface area contributed by atoms with E-state index in [1.165, 1.54) is 12.1 Å². The Kier molecular flexibility index (Phi) is 7.27. The van der Waals surface area contributed by atoms with Crippen LogP contribution in [-0.2, 0) is 19.6 Å². The molecule has 0 atom stereocenters. The zero-order valence-corrected chi connectivity index (χ0v) is 17.9. The molecular formula is C27H23F2NO3. The second-order valence-corrected chi connectivity index (χ2v) is 7.46. The Bertz CT molecular complexity index is 1180. The molecule has 1 N–H and O–H groups in total. The molecule has 6 heteroatoms. The van der Waals surface area contributed by atoms with Gasteiger partial charge in [0.25, 0.3) is 0 Å². The van der Waals surface area contributed by atoms with Gasteiger partial charge in [-0.25, -0.2) is 8.78 Å². The average Bonchev–Trinajstić information content (AvgIpc) is 2.83. The van der Waals surface area contributed by atoms with Gasteiger partial charge in [0.15, 0.2) is 0 Å². The number of ether oxygens (including phenoxy) is 2. The van der Waals surface area contributed by atoms with Gasteiger partial charge in [0.05, 0.1) is 11.1 Å². The van der Waals surface area contributed by atoms with Crippen LogP contribution in [0.5, 0.6) is 11.8 Å². The third-order valence-corrected chi connectivity index (χ3v) is 5.05. The van der Waals surface area contributed by atoms with Crippen LogP contribution in [-0.4, -0.2) is 16.7 Å². The summed E-state index contributed by atoms with van der Waals surface area (Å²) in [7, 11) is 0. The number of aliphatic hydroxyl groups is 1. The van der Waals surface area contributed by atoms with Crippen molar-refractivity contribution in [1.82, 2.24) is 4.98 Å². The van der Waals surface area contributed by atoms with Crippen molar-refractivity contribution in [1.29, 1.82) is 0 Å². The molecule has 4 nitrogen and oxygen atoms in total. The van der Waals surface area contributed by atoms with Crippen molar-refractivity contribution in [3.63, 3.8) is 0 Å². The van der Waals surface area contributed by atoms with Crippen molar-refractivity contribution in [2.24, 2.45) is 0 Å². The summed E-state index contributed by atoms with van der Waals surface area (Å²) in [5.41, 5.74) is 2.18. The molecule has 0 aliphatic carbocycles. The summed E-state index contributed by atoms with van der Waals surface area (Å²) in [4.78, 5) is 4.40. The summed E-state index contributed by atoms with van der Waals surface area (Å²) >= 11 is 0. The summed E-state index contributed by atoms with van der Waals surface area (Å²) in [6, 6.07) is 24.6. The molecule has 0 spiro atoms. The largest absolute Gasteiger partial charge is 0.473 e. The average molecular weight is 447 g/mol. The molecule has 33 heavy (non-hydrogen) atoms. The molecule has 0 radical (unpaired) electrons. The molecular weight excluding hydrogens is 424 g/mol. The summed E-state index contributed by atoms with van der Waals surface area (Å²) in [6.45, 7) is 0.275. The van der Waals surface area contributed by atoms with E-state index in [-0.39, 0.29) is 42.5 Å². The molecule has 0 aliphatic rings. The minimum absolute atomic E-state index is 0.0668. The first kappa shape index (κ1) is 22.4. The predicted molar refractivity (Wildman–Crippen MR) is 122 cm³/mol. The van der Waals surface area contributed by atoms with Crippen LogP contribution in [0.4, 0.5) is 8.78 Å². The molecule has 1 aromatic heterocycles. The normalized spacial score (nSPS) is 10.8. The van der Waals surface area contributed by atoms with Gasteiger partial charge in [-0.05, 0) is 41.3 Å². The fourth-order valence-electron chi connectivity index (χ4n) is 3.42. The molecule has 3 aromatic carbocycles. The Morgan fingerprint density at radius 2 is 1.27 bits per heavy atom. The second-order valence-electron chi connectivity index (χ2n) is 7.46. The third kappa shape index (κ3) is 5.73. The van der Waals surface area contributed by atoms with Gasteiger partial charge in [-0.2, -0.15) is 4.98 Å². The van der Waals surface area contributed by atoms with Gasteiger partial charge in [-0.1, -0.05) is 60.7 Å². The molecule has 4 rings (SSSR count). The van der Waals surface area contributed by atoms with E-state index in [0.717, 1.165) is 11.1 Å². The molecule has 0 amide bonds. The second kappa shape index (κ2) is 10.7. The Balaban J connectivity index is 1.66. The maximum Gasteiger partial charge on any atom is 0.225 e. The SMILES string of the molecule is OCCc1cc(F)c(-c2ccc(OCc3ccccc3)nc2OCc2ccccc2)c(F)c1. The van der Waals surface area contributed by atoms with E-state index >= 15 is 0 Å². The molecule has 0 aliphatic heterocycles. The maximum atomic E-state index is 14.9. The highest BCUT2D eigenvalue weighted by atomic mass is 19.1. The molecule has 0 saturated carbocycles. The van der Waals surface area contributed by atoms with E-state index in [2.05, 4.69) is 4.98 Å². The van der Waals surface area contributed by atoms with Gasteiger partial charge in [0, 0.05) is 12.7 Å². The number of hydrogen-bond acceptors (Lipinski definition) is 4. The first-order valence-corrected chi connectivity index (χ1v) is 10.6. The van der Waals surface area contributed by atoms with Gasteiger partial charge in [0.1, 0.15) is 24.8 Å². The van der Waals surface area contributed by atoms with E-state index < -0.39 is 11.6 Å². The van der Waals surface area contributed by atoms with Gasteiger partial charge >= 0.3 is 0 Å². The number of rotatable bonds is 9. The van der Waals surface area contributed by atoms with Crippen LogP contribution in [0.2, 0.25) is 0 Å². The van der Waals surface area contributed by atoms with Crippen LogP contribution in [0.15, 0.2) is 84.9 Å². The quantitative estimate of drug-likeness (QED) is 0.357. The van der Waals surface area contributed by atoms with E-state index in [9.17, 15) is 8.78 Å². The first-order chi connectivity index (χ1) is 16.1. The van der Waals surface area contributed by atoms with Crippen molar-refractivity contribution in [2.75, 3.05) is 6.61 Å². The number of aromatic nitrogens is 1. The van der Waals surface area contributed by atoms with Crippen LogP contribution in [0.3, 0.4) is 0 Å². The lowest BCUT2D eigenvalue weighted by molar-refractivity contribution is 0.268. The standard InChI is InChI=1S/C27H23F2NO3/c28-23-15-21(13-14-31)16-24(29)26(23)22-11-12-25(32-17-19-7-3-1-4-8-19)30-27(22)33-18-20-9-5-2-6-10-20/h1-12,15-16,31H,13-14,17-18H2. The van der Waals surface area contributed by atoms with Crippen molar-refractivity contribution in [2.45, 2.75) is 19.6 Å². The third-order valence-electron chi connectivity index (χ3n) is 5.05. The van der Waals surface area contributed by atoms with Gasteiger partial charge in [0.2, 0.25) is 11.8 Å². The number of benzene rings is 3. The number of halogens is 2. The Morgan fingerprint density at radius 1 is 0.697 bits per heavy atom. The van der Waals surface area contributed by atoms with Crippen molar-refractivity contribution >= 4 is 0 Å². The lowest BCUT2D eigenvalue weighted by Gasteiger charge is -2.15. The minimum Gasteiger partial charge on any atom is -0.473 e. The van der Waals surface area contributed by atoms with E-state index in [1.54, 1.807) is 12.1 Å². The van der Waals surface area contributed by atoms with Crippen molar-refractivity contribution in [3.8, 4) is 22.9 Å². The van der Waals surface area contributed by atoms with Crippen molar-refractivity contribution < 1.29 is 23.4 Å². The predicted octanol–water partition coefficient (Wildman–Crippen LogP) is 5.72. The highest BCUT2D eigenvalue weighted by Crippen LogP contribution is 2.35. The smallest absolute Gasteiger partial charge is 0.225 e. The summed E-state index contributed by atoms with van der Waals surface area (Å²) in [5, 5.41) is 9.08. The number of aliphatic hydroxyl groups excluding tert-OH is 1. The molecule has 0 unspecified atom stereocenters. The number of pyridine rings is 1. The zero-order valence-electron chi connectivity index (χ0n) is 17.9. The van der Waals surface area contributed by atoms with Crippen molar-refractivity contribution in [3.05, 3.63) is 113 Å². The van der Waals surface area contributed by atoms with Gasteiger partial charge < -0.3 is 14.6 Å². The Hall–Kier alpha value is -3.77. The number of hydrogen-bond donors (Lipinski definition) is 1. The Morgan fingerprint density at radius 3 is 1.85 bits per heavy atom. The summed E-state index contributed by atoms with van der Waals surface area (Å²) in [5.74, 6) is -1.15. The minimum atomic E-state index is -0.747. The molecule has 168 valence electrons. The van der Waals surface area contributed by atoms with Crippen LogP contribution >= 0.6 is 0 Å². The van der Waals surface area contributed by atoms with Gasteiger partial charge in [-0.3, -0.25) is 0 Å². The van der Waals surface area contributed by atoms with E-state index in [1.807, 2.05) is 60.7 Å². The molecule has 0 bridgehead atoms. The molecule has 0 saturated heterocycles. The van der Waals surface area contributed by atoms with E-state index in [4.69, 9.17) is 14.6 Å². The zero-order chi connectivity index (χ0) is 23.0. The first-order valence-electron chi connectivity index (χ1n) is 10.6. The monoisotopic (exact) mass is 447 g/mol. The summed E-state index contributed by atoms with van der Waals surface area (Å²) in [6.07, 6.45) is 0.163. The van der Waals surface area contributed by atoms with Crippen LogP contribution in [0, 0.1) is 11.6 Å². The van der Waals surface area contributed by atoms with Crippen LogP contribution in [0.1, 0.15) is 16.7 Å². The fourth-order valence-corrected chi connectivity index (χ4v) is 3.42. The highest BCUT2D eigenvalue weighted by molar-refractivity contribution is 5.70. The number of nitrogens with zero attached hydrogens (tertiary/aromatic N) is 1. The molecule has 4 aromatic rings. The van der Waals surface area contributed by atoms with Crippen LogP contribution < -0.4 is 9.47 Å². The highest BCUT2D eigenvalue weighted by Gasteiger charge is 2.19. The summed E-state index contributed by atoms with van der Waals surface area (Å²) < 4.78 is 41.5. The fraction of sp³-hybridized carbons (Fsp3) is 0.148. The molecule has 1 heterocycles. The molecule has 0 fully saturated rings. The lowest BCUT2D eigenvalue weighted by atomic mass is 10.0. The van der Waals surface area contributed by atoms with Crippen LogP contribution in [0.25, 0.3) is 11.1 Å². The van der Waals surface area contributed by atoms with E-state index in [0.29, 0.717) is 12.2 Å². The topological polar surface area (TPSA) is 51.6 Å².